The van der Waals surface area contributed by atoms with Crippen LogP contribution in [-0.2, 0) is 38.5 Å². The van der Waals surface area contributed by atoms with Gasteiger partial charge in [0.1, 0.15) is 67.1 Å². The normalized spacial score (nSPS) is 47.8. The predicted molar refractivity (Wildman–Crippen MR) is 123 cm³/mol. The van der Waals surface area contributed by atoms with Crippen molar-refractivity contribution in [1.29, 1.82) is 0 Å². The van der Waals surface area contributed by atoms with Crippen molar-refractivity contribution in [3.63, 3.8) is 0 Å². The third kappa shape index (κ3) is 6.83. The Kier molecular flexibility index (Phi) is 11.8. The monoisotopic (exact) mass is 628 g/mol. The van der Waals surface area contributed by atoms with Crippen molar-refractivity contribution in [3.05, 3.63) is 0 Å². The Morgan fingerprint density at radius 2 is 1.07 bits per heavy atom. The molecule has 3 aliphatic heterocycles. The van der Waals surface area contributed by atoms with Crippen LogP contribution in [0.1, 0.15) is 0 Å². The second-order valence-corrected chi connectivity index (χ2v) is 11.1. The van der Waals surface area contributed by atoms with E-state index >= 15 is 0 Å². The zero-order valence-corrected chi connectivity index (χ0v) is 22.0. The molecule has 0 aliphatic carbocycles. The quantitative estimate of drug-likeness (QED) is 0.0746. The van der Waals surface area contributed by atoms with Crippen molar-refractivity contribution in [1.82, 2.24) is 0 Å². The summed E-state index contributed by atoms with van der Waals surface area (Å²) in [6.07, 6.45) is -26.9. The second kappa shape index (κ2) is 13.9. The van der Waals surface area contributed by atoms with E-state index in [1.165, 1.54) is 0 Å². The van der Waals surface area contributed by atoms with Crippen LogP contribution in [0.5, 0.6) is 0 Å². The van der Waals surface area contributed by atoms with Crippen molar-refractivity contribution < 1.29 is 97.6 Å². The van der Waals surface area contributed by atoms with Crippen molar-refractivity contribution in [2.45, 2.75) is 90.9 Å². The highest BCUT2D eigenvalue weighted by atomic mass is 32.2. The molecule has 20 nitrogen and oxygen atoms in total. The Morgan fingerprint density at radius 3 is 1.56 bits per heavy atom. The van der Waals surface area contributed by atoms with Crippen LogP contribution in [0.3, 0.4) is 0 Å². The fourth-order valence-electron chi connectivity index (χ4n) is 4.54. The van der Waals surface area contributed by atoms with Crippen LogP contribution in [0.4, 0.5) is 0 Å². The topological polar surface area (TPSA) is 332 Å². The summed E-state index contributed by atoms with van der Waals surface area (Å²) in [5.41, 5.74) is 0. The average molecular weight is 629 g/mol. The highest BCUT2D eigenvalue weighted by Crippen LogP contribution is 2.39. The lowest BCUT2D eigenvalue weighted by Crippen LogP contribution is -2.72. The molecule has 0 aromatic heterocycles. The molecule has 242 valence electrons. The molecule has 0 spiro atoms. The highest BCUT2D eigenvalue weighted by Gasteiger charge is 2.65. The maximum atomic E-state index is 12.3. The largest absolute Gasteiger partial charge is 0.394 e. The van der Waals surface area contributed by atoms with Gasteiger partial charge in [0.15, 0.2) is 18.7 Å². The van der Waals surface area contributed by atoms with Gasteiger partial charge in [0, 0.05) is 0 Å². The smallest absolute Gasteiger partial charge is 0.330 e. The van der Waals surface area contributed by atoms with E-state index in [1.807, 2.05) is 0 Å². The minimum absolute atomic E-state index is 0.452. The zero-order valence-electron chi connectivity index (χ0n) is 21.2. The number of ether oxygens (including phenoxy) is 6. The number of aliphatic hydroxyl groups excluding tert-OH is 11. The van der Waals surface area contributed by atoms with E-state index in [0.717, 1.165) is 0 Å². The third-order valence-electron chi connectivity index (χ3n) is 6.89. The molecule has 0 unspecified atom stereocenters. The summed E-state index contributed by atoms with van der Waals surface area (Å²) >= 11 is 0. The molecule has 12 N–H and O–H groups in total. The van der Waals surface area contributed by atoms with Gasteiger partial charge in [0.2, 0.25) is 0 Å². The van der Waals surface area contributed by atoms with E-state index in [4.69, 9.17) is 28.4 Å². The van der Waals surface area contributed by atoms with Gasteiger partial charge in [0.05, 0.1) is 33.0 Å². The molecule has 3 aliphatic rings. The summed E-state index contributed by atoms with van der Waals surface area (Å²) in [4.78, 5) is 0. The van der Waals surface area contributed by atoms with Crippen LogP contribution < -0.4 is 0 Å². The summed E-state index contributed by atoms with van der Waals surface area (Å²) in [6, 6.07) is 0. The molecule has 3 fully saturated rings. The fraction of sp³-hybridized carbons (Fsp3) is 1.00. The van der Waals surface area contributed by atoms with Gasteiger partial charge in [-0.3, -0.25) is 4.55 Å². The molecular formula is C20H36O20S. The summed E-state index contributed by atoms with van der Waals surface area (Å²) in [7, 11) is -5.73. The standard InChI is InChI=1S/C20H36O20S/c21-3-6-9(24)12(27)14(29)18(37-6)35-1-2-36-19-15(30)16(11(26)7(4-22)38-19)40-20(41(32,33)34)17(31)13(28)10(25)8(5-23)39-20/h6-19,21-31H,1-5H2,(H,32,33,34)/t6-,7-,8-,9-,10-,11-,12-,13-,14+,15+,16-,17+,18+,19+,20-/m0/s1. The van der Waals surface area contributed by atoms with E-state index in [1.54, 1.807) is 0 Å². The summed E-state index contributed by atoms with van der Waals surface area (Å²) in [5.74, 6) is 0. The molecule has 15 atom stereocenters. The minimum atomic E-state index is -5.73. The Bertz CT molecular complexity index is 936. The van der Waals surface area contributed by atoms with Crippen molar-refractivity contribution in [2.24, 2.45) is 0 Å². The van der Waals surface area contributed by atoms with E-state index in [2.05, 4.69) is 0 Å². The molecule has 0 aromatic rings. The van der Waals surface area contributed by atoms with Gasteiger partial charge in [-0.25, -0.2) is 0 Å². The van der Waals surface area contributed by atoms with Crippen LogP contribution >= 0.6 is 0 Å². The van der Waals surface area contributed by atoms with Gasteiger partial charge < -0.3 is 84.6 Å². The SMILES string of the molecule is O=S(=O)(O)[C@]1(O[C@H]2[C@@H](O)[C@H](CO)O[C@@H](OCCO[C@@H]3O[C@@H](CO)[C@H](O)[C@H](O)[C@H]3O)[C@@H]2O)O[C@@H](CO)[C@H](O)[C@H](O)[C@H]1O. The predicted octanol–water partition coefficient (Wildman–Crippen LogP) is -8.34. The first kappa shape index (κ1) is 34.7. The first-order chi connectivity index (χ1) is 19.1. The van der Waals surface area contributed by atoms with Crippen LogP contribution in [0, 0.1) is 0 Å². The third-order valence-corrected chi connectivity index (χ3v) is 8.04. The summed E-state index contributed by atoms with van der Waals surface area (Å²) in [6.45, 7) is -3.76. The first-order valence-corrected chi connectivity index (χ1v) is 13.7. The van der Waals surface area contributed by atoms with Gasteiger partial charge in [-0.05, 0) is 0 Å². The maximum absolute atomic E-state index is 12.3. The molecule has 3 heterocycles. The van der Waals surface area contributed by atoms with E-state index in [9.17, 15) is 69.1 Å². The highest BCUT2D eigenvalue weighted by molar-refractivity contribution is 7.87. The molecule has 0 aromatic carbocycles. The van der Waals surface area contributed by atoms with E-state index < -0.39 is 134 Å². The number of hydrogen-bond acceptors (Lipinski definition) is 19. The lowest BCUT2D eigenvalue weighted by Gasteiger charge is -2.49. The first-order valence-electron chi connectivity index (χ1n) is 12.3. The van der Waals surface area contributed by atoms with E-state index in [0.29, 0.717) is 0 Å². The lowest BCUT2D eigenvalue weighted by atomic mass is 9.96. The Hall–Kier alpha value is -0.770. The minimum Gasteiger partial charge on any atom is -0.394 e. The van der Waals surface area contributed by atoms with Crippen molar-refractivity contribution in [3.8, 4) is 0 Å². The molecule has 0 bridgehead atoms. The molecule has 41 heavy (non-hydrogen) atoms. The molecular weight excluding hydrogens is 592 g/mol. The molecule has 0 amide bonds. The molecule has 3 rings (SSSR count). The number of aliphatic hydroxyl groups is 11. The van der Waals surface area contributed by atoms with Gasteiger partial charge in [-0.2, -0.15) is 8.42 Å². The molecule has 21 heteroatoms. The molecule has 3 saturated heterocycles. The average Bonchev–Trinajstić information content (AvgIpc) is 2.93. The summed E-state index contributed by atoms with van der Waals surface area (Å²) < 4.78 is 65.6. The zero-order chi connectivity index (χ0) is 30.9. The van der Waals surface area contributed by atoms with Crippen LogP contribution in [-0.4, -0.2) is 193 Å². The van der Waals surface area contributed by atoms with Gasteiger partial charge in [0.25, 0.3) is 0 Å². The Morgan fingerprint density at radius 1 is 0.610 bits per heavy atom. The lowest BCUT2D eigenvalue weighted by molar-refractivity contribution is -0.377. The van der Waals surface area contributed by atoms with Gasteiger partial charge in [-0.1, -0.05) is 0 Å². The van der Waals surface area contributed by atoms with Gasteiger partial charge >= 0.3 is 15.2 Å². The van der Waals surface area contributed by atoms with Crippen LogP contribution in [0.25, 0.3) is 0 Å². The fourth-order valence-corrected chi connectivity index (χ4v) is 5.46. The molecule has 0 saturated carbocycles. The maximum Gasteiger partial charge on any atom is 0.330 e. The second-order valence-electron chi connectivity index (χ2n) is 9.57. The number of rotatable bonds is 11. The van der Waals surface area contributed by atoms with Crippen molar-refractivity contribution in [2.75, 3.05) is 33.0 Å². The number of hydrogen-bond donors (Lipinski definition) is 12. The van der Waals surface area contributed by atoms with Crippen LogP contribution in [0.15, 0.2) is 0 Å². The Balaban J connectivity index is 1.73. The summed E-state index contributed by atoms with van der Waals surface area (Å²) in [5, 5.41) is 106. The van der Waals surface area contributed by atoms with Crippen LogP contribution in [0.2, 0.25) is 0 Å². The van der Waals surface area contributed by atoms with Crippen molar-refractivity contribution >= 4 is 10.1 Å². The molecule has 0 radical (unpaired) electrons. The Labute approximate surface area is 232 Å². The van der Waals surface area contributed by atoms with Gasteiger partial charge in [-0.15, -0.1) is 0 Å². The van der Waals surface area contributed by atoms with E-state index in [-0.39, 0.29) is 0 Å².